The van der Waals surface area contributed by atoms with Crippen LogP contribution in [0, 0.1) is 13.8 Å². The molecular formula is C28H26BrN3O5S2. The molecule has 0 fully saturated rings. The summed E-state index contributed by atoms with van der Waals surface area (Å²) in [5.41, 5.74) is 2.93. The fourth-order valence-electron chi connectivity index (χ4n) is 3.82. The average Bonchev–Trinajstić information content (AvgIpc) is 2.90. The van der Waals surface area contributed by atoms with E-state index in [1.807, 2.05) is 26.0 Å². The summed E-state index contributed by atoms with van der Waals surface area (Å²) in [6.45, 7) is 3.25. The lowest BCUT2D eigenvalue weighted by molar-refractivity contribution is -0.114. The molecule has 0 aliphatic rings. The fourth-order valence-corrected chi connectivity index (χ4v) is 6.66. The Morgan fingerprint density at radius 3 is 2.05 bits per heavy atom. The fraction of sp³-hybridized carbons (Fsp3) is 0.107. The largest absolute Gasteiger partial charge is 0.325 e. The van der Waals surface area contributed by atoms with E-state index in [2.05, 4.69) is 26.0 Å². The number of carbonyl (C=O) groups excluding carboxylic acids is 1. The molecule has 0 saturated heterocycles. The maximum Gasteiger partial charge on any atom is 0.264 e. The summed E-state index contributed by atoms with van der Waals surface area (Å²) < 4.78 is 56.9. The molecule has 2 N–H and O–H groups in total. The Hall–Kier alpha value is -3.67. The van der Waals surface area contributed by atoms with Crippen molar-refractivity contribution in [1.29, 1.82) is 0 Å². The maximum atomic E-state index is 13.4. The first kappa shape index (κ1) is 28.3. The minimum atomic E-state index is -4.05. The van der Waals surface area contributed by atoms with Crippen LogP contribution < -0.4 is 14.3 Å². The highest BCUT2D eigenvalue weighted by molar-refractivity contribution is 9.10. The van der Waals surface area contributed by atoms with Crippen LogP contribution in [0.15, 0.2) is 111 Å². The molecule has 0 spiro atoms. The molecule has 4 aromatic rings. The Balaban J connectivity index is 1.52. The van der Waals surface area contributed by atoms with Gasteiger partial charge in [0.15, 0.2) is 0 Å². The van der Waals surface area contributed by atoms with E-state index in [0.717, 1.165) is 19.9 Å². The van der Waals surface area contributed by atoms with E-state index >= 15 is 0 Å². The molecule has 0 saturated carbocycles. The lowest BCUT2D eigenvalue weighted by atomic mass is 10.1. The highest BCUT2D eigenvalue weighted by Gasteiger charge is 2.27. The highest BCUT2D eigenvalue weighted by atomic mass is 79.9. The van der Waals surface area contributed by atoms with Crippen LogP contribution in [0.2, 0.25) is 0 Å². The summed E-state index contributed by atoms with van der Waals surface area (Å²) in [7, 11) is -7.90. The van der Waals surface area contributed by atoms with Gasteiger partial charge in [-0.15, -0.1) is 0 Å². The summed E-state index contributed by atoms with van der Waals surface area (Å²) in [4.78, 5) is 13.0. The standard InChI is InChI=1S/C28H26BrN3O5S2/c1-20-8-17-27(21(2)18-20)31-38(34,35)25-15-11-23(12-16-25)30-28(33)19-32(24-13-9-22(29)10-14-24)39(36,37)26-6-4-3-5-7-26/h3-18,31H,19H2,1-2H3,(H,30,33). The number of hydrogen-bond donors (Lipinski definition) is 2. The molecule has 4 aromatic carbocycles. The zero-order chi connectivity index (χ0) is 28.2. The second-order valence-corrected chi connectivity index (χ2v) is 13.3. The molecule has 0 aromatic heterocycles. The molecule has 8 nitrogen and oxygen atoms in total. The number of benzene rings is 4. The predicted molar refractivity (Wildman–Crippen MR) is 157 cm³/mol. The number of aryl methyl sites for hydroxylation is 2. The third-order valence-corrected chi connectivity index (χ3v) is 9.51. The molecule has 39 heavy (non-hydrogen) atoms. The van der Waals surface area contributed by atoms with Crippen LogP contribution in [0.4, 0.5) is 17.1 Å². The van der Waals surface area contributed by atoms with E-state index in [1.165, 1.54) is 36.4 Å². The average molecular weight is 629 g/mol. The number of anilines is 3. The number of nitrogens with zero attached hydrogens (tertiary/aromatic N) is 1. The molecule has 0 bridgehead atoms. The van der Waals surface area contributed by atoms with Crippen molar-refractivity contribution in [2.45, 2.75) is 23.6 Å². The number of hydrogen-bond acceptors (Lipinski definition) is 5. The van der Waals surface area contributed by atoms with Gasteiger partial charge < -0.3 is 5.32 Å². The van der Waals surface area contributed by atoms with E-state index in [-0.39, 0.29) is 9.79 Å². The lowest BCUT2D eigenvalue weighted by Gasteiger charge is -2.24. The Labute approximate surface area is 236 Å². The summed E-state index contributed by atoms with van der Waals surface area (Å²) in [5.74, 6) is -0.596. The van der Waals surface area contributed by atoms with Crippen LogP contribution in [0.5, 0.6) is 0 Å². The molecule has 0 atom stereocenters. The van der Waals surface area contributed by atoms with E-state index < -0.39 is 32.5 Å². The van der Waals surface area contributed by atoms with Crippen molar-refractivity contribution < 1.29 is 21.6 Å². The number of nitrogens with one attached hydrogen (secondary N) is 2. The molecule has 0 aliphatic heterocycles. The quantitative estimate of drug-likeness (QED) is 0.247. The lowest BCUT2D eigenvalue weighted by Crippen LogP contribution is -2.38. The van der Waals surface area contributed by atoms with E-state index in [4.69, 9.17) is 0 Å². The van der Waals surface area contributed by atoms with Crippen LogP contribution in [-0.2, 0) is 24.8 Å². The van der Waals surface area contributed by atoms with Gasteiger partial charge in [-0.05, 0) is 86.1 Å². The van der Waals surface area contributed by atoms with Gasteiger partial charge in [0.25, 0.3) is 20.0 Å². The minimum absolute atomic E-state index is 0.0172. The van der Waals surface area contributed by atoms with E-state index in [1.54, 1.807) is 48.5 Å². The third-order valence-electron chi connectivity index (χ3n) is 5.81. The van der Waals surface area contributed by atoms with Gasteiger partial charge in [0.1, 0.15) is 6.54 Å². The second kappa shape index (κ2) is 11.6. The second-order valence-electron chi connectivity index (χ2n) is 8.80. The van der Waals surface area contributed by atoms with Crippen molar-refractivity contribution in [2.75, 3.05) is 20.9 Å². The normalized spacial score (nSPS) is 11.6. The third kappa shape index (κ3) is 6.86. The summed E-state index contributed by atoms with van der Waals surface area (Å²) in [5, 5.41) is 2.65. The minimum Gasteiger partial charge on any atom is -0.325 e. The van der Waals surface area contributed by atoms with Gasteiger partial charge in [-0.1, -0.05) is 51.8 Å². The van der Waals surface area contributed by atoms with Crippen LogP contribution in [0.25, 0.3) is 0 Å². The molecule has 11 heteroatoms. The van der Waals surface area contributed by atoms with Crippen molar-refractivity contribution >= 4 is 58.9 Å². The SMILES string of the molecule is Cc1ccc(NS(=O)(=O)c2ccc(NC(=O)CN(c3ccc(Br)cc3)S(=O)(=O)c3ccccc3)cc2)c(C)c1. The van der Waals surface area contributed by atoms with Gasteiger partial charge >= 0.3 is 0 Å². The van der Waals surface area contributed by atoms with Crippen LogP contribution in [-0.4, -0.2) is 29.3 Å². The molecule has 0 aliphatic carbocycles. The Kier molecular flexibility index (Phi) is 8.43. The Bertz CT molecular complexity index is 1690. The molecule has 4 rings (SSSR count). The topological polar surface area (TPSA) is 113 Å². The van der Waals surface area contributed by atoms with E-state index in [9.17, 15) is 21.6 Å². The van der Waals surface area contributed by atoms with Gasteiger partial charge in [0.05, 0.1) is 21.2 Å². The van der Waals surface area contributed by atoms with Crippen LogP contribution in [0.3, 0.4) is 0 Å². The van der Waals surface area contributed by atoms with Crippen molar-refractivity contribution in [3.05, 3.63) is 113 Å². The molecular weight excluding hydrogens is 602 g/mol. The molecule has 1 amide bonds. The van der Waals surface area contributed by atoms with Gasteiger partial charge in [0.2, 0.25) is 5.91 Å². The zero-order valence-electron chi connectivity index (χ0n) is 21.1. The highest BCUT2D eigenvalue weighted by Crippen LogP contribution is 2.26. The first-order valence-electron chi connectivity index (χ1n) is 11.8. The van der Waals surface area contributed by atoms with Crippen molar-refractivity contribution in [3.63, 3.8) is 0 Å². The summed E-state index contributed by atoms with van der Waals surface area (Å²) in [6.07, 6.45) is 0. The zero-order valence-corrected chi connectivity index (χ0v) is 24.3. The predicted octanol–water partition coefficient (Wildman–Crippen LogP) is 5.70. The Morgan fingerprint density at radius 1 is 0.795 bits per heavy atom. The van der Waals surface area contributed by atoms with Crippen molar-refractivity contribution in [1.82, 2.24) is 0 Å². The maximum absolute atomic E-state index is 13.4. The van der Waals surface area contributed by atoms with Crippen molar-refractivity contribution in [2.24, 2.45) is 0 Å². The van der Waals surface area contributed by atoms with Gasteiger partial charge in [0, 0.05) is 10.2 Å². The molecule has 0 unspecified atom stereocenters. The molecule has 202 valence electrons. The van der Waals surface area contributed by atoms with E-state index in [0.29, 0.717) is 17.1 Å². The first-order valence-corrected chi connectivity index (χ1v) is 15.5. The number of carbonyl (C=O) groups is 1. The molecule has 0 heterocycles. The first-order chi connectivity index (χ1) is 18.5. The van der Waals surface area contributed by atoms with Crippen molar-refractivity contribution in [3.8, 4) is 0 Å². The Morgan fingerprint density at radius 2 is 1.44 bits per heavy atom. The summed E-state index contributed by atoms with van der Waals surface area (Å²) >= 11 is 3.33. The number of rotatable bonds is 9. The number of halogens is 1. The van der Waals surface area contributed by atoms with Gasteiger partial charge in [-0.2, -0.15) is 0 Å². The van der Waals surface area contributed by atoms with Gasteiger partial charge in [-0.3, -0.25) is 13.8 Å². The monoisotopic (exact) mass is 627 g/mol. The number of sulfonamides is 2. The smallest absolute Gasteiger partial charge is 0.264 e. The molecule has 0 radical (unpaired) electrons. The van der Waals surface area contributed by atoms with Gasteiger partial charge in [-0.25, -0.2) is 16.8 Å². The van der Waals surface area contributed by atoms with Crippen LogP contribution in [0.1, 0.15) is 11.1 Å². The number of amides is 1. The summed E-state index contributed by atoms with van der Waals surface area (Å²) in [6, 6.07) is 25.5. The van der Waals surface area contributed by atoms with Crippen LogP contribution >= 0.6 is 15.9 Å².